The molecule has 0 spiro atoms. The first-order valence-electron chi connectivity index (χ1n) is 7.49. The normalized spacial score (nSPS) is 23.4. The molecular weight excluding hydrogens is 268 g/mol. The first-order valence-corrected chi connectivity index (χ1v) is 7.49. The molecule has 0 heterocycles. The predicted octanol–water partition coefficient (Wildman–Crippen LogP) is 2.51. The highest BCUT2D eigenvalue weighted by Crippen LogP contribution is 2.23. The minimum absolute atomic E-state index is 0.126. The molecule has 1 saturated carbocycles. The average molecular weight is 292 g/mol. The SMILES string of the molecule is CC(O)c1cccc(NC(=O)N(C)C2CCCCC2O)c1. The summed E-state index contributed by atoms with van der Waals surface area (Å²) in [6.45, 7) is 1.69. The topological polar surface area (TPSA) is 72.8 Å². The van der Waals surface area contributed by atoms with Gasteiger partial charge in [-0.2, -0.15) is 0 Å². The zero-order valence-corrected chi connectivity index (χ0v) is 12.6. The Balaban J connectivity index is 2.01. The second-order valence-electron chi connectivity index (χ2n) is 5.76. The summed E-state index contributed by atoms with van der Waals surface area (Å²) in [5, 5.41) is 22.4. The van der Waals surface area contributed by atoms with Gasteiger partial charge in [-0.3, -0.25) is 0 Å². The number of aliphatic hydroxyl groups is 2. The number of nitrogens with zero attached hydrogens (tertiary/aromatic N) is 1. The average Bonchev–Trinajstić information content (AvgIpc) is 2.47. The van der Waals surface area contributed by atoms with Gasteiger partial charge in [-0.1, -0.05) is 25.0 Å². The van der Waals surface area contributed by atoms with Crippen molar-refractivity contribution in [3.63, 3.8) is 0 Å². The highest BCUT2D eigenvalue weighted by molar-refractivity contribution is 5.89. The van der Waals surface area contributed by atoms with Crippen molar-refractivity contribution in [2.45, 2.75) is 50.9 Å². The van der Waals surface area contributed by atoms with Crippen LogP contribution in [0, 0.1) is 0 Å². The van der Waals surface area contributed by atoms with Crippen LogP contribution in [-0.4, -0.2) is 40.3 Å². The number of hydrogen-bond donors (Lipinski definition) is 3. The first kappa shape index (κ1) is 15.8. The van der Waals surface area contributed by atoms with Crippen LogP contribution in [0.3, 0.4) is 0 Å². The van der Waals surface area contributed by atoms with E-state index in [1.54, 1.807) is 37.1 Å². The number of likely N-dealkylation sites (N-methyl/N-ethyl adjacent to an activating group) is 1. The zero-order valence-electron chi connectivity index (χ0n) is 12.6. The van der Waals surface area contributed by atoms with E-state index in [0.717, 1.165) is 31.2 Å². The monoisotopic (exact) mass is 292 g/mol. The lowest BCUT2D eigenvalue weighted by molar-refractivity contribution is 0.0494. The Morgan fingerprint density at radius 1 is 1.38 bits per heavy atom. The number of aliphatic hydroxyl groups excluding tert-OH is 2. The Morgan fingerprint density at radius 3 is 2.76 bits per heavy atom. The van der Waals surface area contributed by atoms with E-state index in [4.69, 9.17) is 0 Å². The largest absolute Gasteiger partial charge is 0.391 e. The number of rotatable bonds is 3. The minimum atomic E-state index is -0.570. The molecule has 3 unspecified atom stereocenters. The molecule has 1 aliphatic rings. The number of hydrogen-bond acceptors (Lipinski definition) is 3. The highest BCUT2D eigenvalue weighted by Gasteiger charge is 2.29. The summed E-state index contributed by atoms with van der Waals surface area (Å²) in [6.07, 6.45) is 2.62. The summed E-state index contributed by atoms with van der Waals surface area (Å²) in [7, 11) is 1.72. The van der Waals surface area contributed by atoms with Crippen LogP contribution in [0.25, 0.3) is 0 Å². The smallest absolute Gasteiger partial charge is 0.321 e. The van der Waals surface area contributed by atoms with E-state index in [2.05, 4.69) is 5.32 Å². The van der Waals surface area contributed by atoms with Gasteiger partial charge in [-0.15, -0.1) is 0 Å². The third-order valence-electron chi connectivity index (χ3n) is 4.13. The summed E-state index contributed by atoms with van der Waals surface area (Å²) in [5.74, 6) is 0. The number of amides is 2. The van der Waals surface area contributed by atoms with Gasteiger partial charge in [0.05, 0.1) is 18.2 Å². The van der Waals surface area contributed by atoms with Crippen molar-refractivity contribution in [3.05, 3.63) is 29.8 Å². The molecule has 0 aliphatic heterocycles. The maximum absolute atomic E-state index is 12.3. The fraction of sp³-hybridized carbons (Fsp3) is 0.562. The van der Waals surface area contributed by atoms with Crippen molar-refractivity contribution in [1.82, 2.24) is 4.90 Å². The highest BCUT2D eigenvalue weighted by atomic mass is 16.3. The lowest BCUT2D eigenvalue weighted by atomic mass is 9.92. The fourth-order valence-corrected chi connectivity index (χ4v) is 2.78. The Bertz CT molecular complexity index is 490. The van der Waals surface area contributed by atoms with E-state index in [1.807, 2.05) is 6.07 Å². The van der Waals surface area contributed by atoms with E-state index in [1.165, 1.54) is 0 Å². The molecule has 0 saturated heterocycles. The molecule has 1 aromatic rings. The van der Waals surface area contributed by atoms with E-state index in [0.29, 0.717) is 5.69 Å². The molecule has 5 heteroatoms. The number of benzene rings is 1. The van der Waals surface area contributed by atoms with Gasteiger partial charge >= 0.3 is 6.03 Å². The van der Waals surface area contributed by atoms with E-state index < -0.39 is 12.2 Å². The second kappa shape index (κ2) is 6.91. The molecule has 2 rings (SSSR count). The van der Waals surface area contributed by atoms with Crippen LogP contribution in [0.5, 0.6) is 0 Å². The Hall–Kier alpha value is -1.59. The van der Waals surface area contributed by atoms with E-state index in [-0.39, 0.29) is 12.1 Å². The molecule has 116 valence electrons. The van der Waals surface area contributed by atoms with Gasteiger partial charge in [-0.25, -0.2) is 4.79 Å². The Labute approximate surface area is 125 Å². The third-order valence-corrected chi connectivity index (χ3v) is 4.13. The molecule has 1 aliphatic carbocycles. The minimum Gasteiger partial charge on any atom is -0.391 e. The molecule has 2 amide bonds. The summed E-state index contributed by atoms with van der Waals surface area (Å²) >= 11 is 0. The summed E-state index contributed by atoms with van der Waals surface area (Å²) in [4.78, 5) is 13.9. The predicted molar refractivity (Wildman–Crippen MR) is 82.1 cm³/mol. The summed E-state index contributed by atoms with van der Waals surface area (Å²) in [5.41, 5.74) is 1.41. The molecule has 5 nitrogen and oxygen atoms in total. The third kappa shape index (κ3) is 3.95. The van der Waals surface area contributed by atoms with Gasteiger partial charge < -0.3 is 20.4 Å². The number of anilines is 1. The number of urea groups is 1. The van der Waals surface area contributed by atoms with Crippen molar-refractivity contribution in [3.8, 4) is 0 Å². The quantitative estimate of drug-likeness (QED) is 0.801. The Morgan fingerprint density at radius 2 is 2.10 bits per heavy atom. The second-order valence-corrected chi connectivity index (χ2v) is 5.76. The van der Waals surface area contributed by atoms with E-state index in [9.17, 15) is 15.0 Å². The van der Waals surface area contributed by atoms with Gasteiger partial charge in [-0.05, 0) is 37.5 Å². The van der Waals surface area contributed by atoms with Crippen LogP contribution < -0.4 is 5.32 Å². The van der Waals surface area contributed by atoms with Gasteiger partial charge in [0, 0.05) is 12.7 Å². The fourth-order valence-electron chi connectivity index (χ4n) is 2.78. The molecule has 0 aromatic heterocycles. The maximum atomic E-state index is 12.3. The number of nitrogens with one attached hydrogen (secondary N) is 1. The molecule has 1 fully saturated rings. The van der Waals surface area contributed by atoms with Gasteiger partial charge in [0.2, 0.25) is 0 Å². The van der Waals surface area contributed by atoms with Crippen LogP contribution in [-0.2, 0) is 0 Å². The number of carbonyl (C=O) groups is 1. The van der Waals surface area contributed by atoms with Crippen molar-refractivity contribution >= 4 is 11.7 Å². The van der Waals surface area contributed by atoms with Crippen molar-refractivity contribution in [1.29, 1.82) is 0 Å². The first-order chi connectivity index (χ1) is 9.99. The van der Waals surface area contributed by atoms with Gasteiger partial charge in [0.25, 0.3) is 0 Å². The lowest BCUT2D eigenvalue weighted by Crippen LogP contribution is -2.47. The summed E-state index contributed by atoms with van der Waals surface area (Å²) < 4.78 is 0. The molecular formula is C16H24N2O3. The van der Waals surface area contributed by atoms with Crippen LogP contribution in [0.2, 0.25) is 0 Å². The molecule has 21 heavy (non-hydrogen) atoms. The molecule has 0 bridgehead atoms. The van der Waals surface area contributed by atoms with E-state index >= 15 is 0 Å². The van der Waals surface area contributed by atoms with Crippen molar-refractivity contribution < 1.29 is 15.0 Å². The van der Waals surface area contributed by atoms with Gasteiger partial charge in [0.15, 0.2) is 0 Å². The van der Waals surface area contributed by atoms with Gasteiger partial charge in [0.1, 0.15) is 0 Å². The number of carbonyl (C=O) groups excluding carboxylic acids is 1. The van der Waals surface area contributed by atoms with Crippen molar-refractivity contribution in [2.24, 2.45) is 0 Å². The standard InChI is InChI=1S/C16H24N2O3/c1-11(19)12-6-5-7-13(10-12)17-16(21)18(2)14-8-3-4-9-15(14)20/h5-7,10-11,14-15,19-20H,3-4,8-9H2,1-2H3,(H,17,21). The molecule has 3 N–H and O–H groups in total. The molecule has 0 radical (unpaired) electrons. The van der Waals surface area contributed by atoms with Crippen LogP contribution >= 0.6 is 0 Å². The van der Waals surface area contributed by atoms with Crippen LogP contribution in [0.1, 0.15) is 44.3 Å². The maximum Gasteiger partial charge on any atom is 0.321 e. The molecule has 1 aromatic carbocycles. The van der Waals surface area contributed by atoms with Crippen LogP contribution in [0.15, 0.2) is 24.3 Å². The van der Waals surface area contributed by atoms with Crippen molar-refractivity contribution in [2.75, 3.05) is 12.4 Å². The lowest BCUT2D eigenvalue weighted by Gasteiger charge is -2.35. The van der Waals surface area contributed by atoms with Crippen LogP contribution in [0.4, 0.5) is 10.5 Å². The molecule has 3 atom stereocenters. The summed E-state index contributed by atoms with van der Waals surface area (Å²) in [6, 6.07) is 6.80. The zero-order chi connectivity index (χ0) is 15.4. The Kier molecular flexibility index (Phi) is 5.20.